The van der Waals surface area contributed by atoms with Gasteiger partial charge in [-0.25, -0.2) is 4.98 Å². The highest BCUT2D eigenvalue weighted by molar-refractivity contribution is 6.32. The number of nitrogens with zero attached hydrogens (tertiary/aromatic N) is 2. The molecule has 0 saturated heterocycles. The van der Waals surface area contributed by atoms with Crippen molar-refractivity contribution in [1.29, 1.82) is 0 Å². The van der Waals surface area contributed by atoms with Crippen molar-refractivity contribution in [3.63, 3.8) is 0 Å². The molecular formula is C10H5Cl2FN2O. The minimum absolute atomic E-state index is 0.256. The maximum atomic E-state index is 13.4. The molecule has 0 spiro atoms. The lowest BCUT2D eigenvalue weighted by Crippen LogP contribution is -1.94. The Morgan fingerprint density at radius 2 is 1.88 bits per heavy atom. The van der Waals surface area contributed by atoms with Crippen LogP contribution in [0.3, 0.4) is 0 Å². The molecule has 0 bridgehead atoms. The molecule has 16 heavy (non-hydrogen) atoms. The summed E-state index contributed by atoms with van der Waals surface area (Å²) >= 11 is 11.3. The number of hydrogen-bond donors (Lipinski definition) is 0. The molecule has 0 atom stereocenters. The Labute approximate surface area is 101 Å². The fraction of sp³-hybridized carbons (Fsp3) is 0. The standard InChI is InChI=1S/C10H5Cl2FN2O/c11-6-3-1-2-4-7(6)16-10-8(13)9(12)14-5-15-10/h1-5H. The van der Waals surface area contributed by atoms with Crippen molar-refractivity contribution < 1.29 is 9.13 Å². The zero-order valence-corrected chi connectivity index (χ0v) is 9.34. The second-order valence-electron chi connectivity index (χ2n) is 2.82. The van der Waals surface area contributed by atoms with Crippen molar-refractivity contribution in [2.24, 2.45) is 0 Å². The van der Waals surface area contributed by atoms with Crippen molar-refractivity contribution in [3.05, 3.63) is 46.6 Å². The van der Waals surface area contributed by atoms with Gasteiger partial charge in [0.05, 0.1) is 5.02 Å². The molecule has 1 aromatic carbocycles. The van der Waals surface area contributed by atoms with E-state index in [2.05, 4.69) is 9.97 Å². The van der Waals surface area contributed by atoms with Crippen LogP contribution in [0.25, 0.3) is 0 Å². The van der Waals surface area contributed by atoms with Crippen LogP contribution in [-0.4, -0.2) is 9.97 Å². The largest absolute Gasteiger partial charge is 0.435 e. The Kier molecular flexibility index (Phi) is 3.22. The van der Waals surface area contributed by atoms with Gasteiger partial charge in [-0.2, -0.15) is 9.37 Å². The summed E-state index contributed by atoms with van der Waals surface area (Å²) in [5.74, 6) is -0.769. The molecule has 0 saturated carbocycles. The third-order valence-electron chi connectivity index (χ3n) is 1.76. The lowest BCUT2D eigenvalue weighted by molar-refractivity contribution is 0.420. The van der Waals surface area contributed by atoms with Gasteiger partial charge in [-0.1, -0.05) is 35.3 Å². The van der Waals surface area contributed by atoms with E-state index in [9.17, 15) is 4.39 Å². The summed E-state index contributed by atoms with van der Waals surface area (Å²) in [5, 5.41) is 0.0636. The third-order valence-corrected chi connectivity index (χ3v) is 2.33. The molecular weight excluding hydrogens is 254 g/mol. The van der Waals surface area contributed by atoms with Crippen molar-refractivity contribution in [2.75, 3.05) is 0 Å². The molecule has 2 aromatic rings. The summed E-state index contributed by atoms with van der Waals surface area (Å²) < 4.78 is 18.6. The van der Waals surface area contributed by atoms with Gasteiger partial charge < -0.3 is 4.74 Å². The maximum absolute atomic E-state index is 13.4. The van der Waals surface area contributed by atoms with Crippen LogP contribution in [0.5, 0.6) is 11.6 Å². The fourth-order valence-electron chi connectivity index (χ4n) is 1.04. The monoisotopic (exact) mass is 258 g/mol. The van der Waals surface area contributed by atoms with E-state index in [1.165, 1.54) is 0 Å². The molecule has 0 unspecified atom stereocenters. The van der Waals surface area contributed by atoms with Crippen molar-refractivity contribution in [1.82, 2.24) is 9.97 Å². The quantitative estimate of drug-likeness (QED) is 0.771. The Hall–Kier alpha value is -1.39. The van der Waals surface area contributed by atoms with Crippen LogP contribution < -0.4 is 4.74 Å². The van der Waals surface area contributed by atoms with E-state index in [4.69, 9.17) is 27.9 Å². The molecule has 3 nitrogen and oxygen atoms in total. The van der Waals surface area contributed by atoms with Gasteiger partial charge in [0.2, 0.25) is 5.82 Å². The first-order valence-electron chi connectivity index (χ1n) is 4.27. The average Bonchev–Trinajstić information content (AvgIpc) is 2.28. The Morgan fingerprint density at radius 1 is 1.12 bits per heavy atom. The molecule has 82 valence electrons. The van der Waals surface area contributed by atoms with E-state index >= 15 is 0 Å². The van der Waals surface area contributed by atoms with E-state index in [-0.39, 0.29) is 11.0 Å². The molecule has 0 fully saturated rings. The van der Waals surface area contributed by atoms with Gasteiger partial charge in [-0.3, -0.25) is 0 Å². The van der Waals surface area contributed by atoms with Crippen LogP contribution in [0.2, 0.25) is 10.2 Å². The summed E-state index contributed by atoms with van der Waals surface area (Å²) in [6.07, 6.45) is 1.11. The summed E-state index contributed by atoms with van der Waals surface area (Å²) in [6.45, 7) is 0. The number of para-hydroxylation sites is 1. The highest BCUT2D eigenvalue weighted by Crippen LogP contribution is 2.30. The van der Waals surface area contributed by atoms with Gasteiger partial charge in [-0.05, 0) is 12.1 Å². The van der Waals surface area contributed by atoms with Crippen molar-refractivity contribution in [2.45, 2.75) is 0 Å². The number of benzene rings is 1. The first-order valence-corrected chi connectivity index (χ1v) is 5.02. The van der Waals surface area contributed by atoms with Gasteiger partial charge in [0, 0.05) is 0 Å². The van der Waals surface area contributed by atoms with Gasteiger partial charge in [0.15, 0.2) is 5.15 Å². The van der Waals surface area contributed by atoms with Crippen LogP contribution in [0.1, 0.15) is 0 Å². The van der Waals surface area contributed by atoms with Gasteiger partial charge in [0.25, 0.3) is 5.88 Å². The van der Waals surface area contributed by atoms with Gasteiger partial charge in [0.1, 0.15) is 12.1 Å². The zero-order valence-electron chi connectivity index (χ0n) is 7.82. The van der Waals surface area contributed by atoms with Crippen LogP contribution in [-0.2, 0) is 0 Å². The molecule has 6 heteroatoms. The number of ether oxygens (including phenoxy) is 1. The van der Waals surface area contributed by atoms with Gasteiger partial charge in [-0.15, -0.1) is 0 Å². The fourth-order valence-corrected chi connectivity index (χ4v) is 1.34. The average molecular weight is 259 g/mol. The zero-order chi connectivity index (χ0) is 11.5. The predicted molar refractivity (Wildman–Crippen MR) is 58.5 cm³/mol. The van der Waals surface area contributed by atoms with E-state index in [0.29, 0.717) is 10.8 Å². The summed E-state index contributed by atoms with van der Waals surface area (Å²) in [4.78, 5) is 7.09. The second-order valence-corrected chi connectivity index (χ2v) is 3.58. The predicted octanol–water partition coefficient (Wildman–Crippen LogP) is 3.71. The molecule has 0 amide bonds. The van der Waals surface area contributed by atoms with Crippen LogP contribution in [0.4, 0.5) is 4.39 Å². The van der Waals surface area contributed by atoms with E-state index in [1.54, 1.807) is 24.3 Å². The summed E-state index contributed by atoms with van der Waals surface area (Å²) in [7, 11) is 0. The number of hydrogen-bond acceptors (Lipinski definition) is 3. The molecule has 0 aliphatic heterocycles. The van der Waals surface area contributed by atoms with Crippen LogP contribution in [0.15, 0.2) is 30.6 Å². The number of aromatic nitrogens is 2. The SMILES string of the molecule is Fc1c(Cl)ncnc1Oc1ccccc1Cl. The maximum Gasteiger partial charge on any atom is 0.260 e. The Balaban J connectivity index is 2.35. The third kappa shape index (κ3) is 2.23. The van der Waals surface area contributed by atoms with E-state index < -0.39 is 5.82 Å². The molecule has 1 aromatic heterocycles. The summed E-state index contributed by atoms with van der Waals surface area (Å²) in [5.41, 5.74) is 0. The highest BCUT2D eigenvalue weighted by Gasteiger charge is 2.12. The number of rotatable bonds is 2. The molecule has 0 N–H and O–H groups in total. The minimum Gasteiger partial charge on any atom is -0.435 e. The van der Waals surface area contributed by atoms with Crippen LogP contribution in [0, 0.1) is 5.82 Å². The highest BCUT2D eigenvalue weighted by atomic mass is 35.5. The first-order chi connectivity index (χ1) is 7.68. The smallest absolute Gasteiger partial charge is 0.260 e. The molecule has 2 rings (SSSR count). The molecule has 0 aliphatic rings. The second kappa shape index (κ2) is 4.63. The minimum atomic E-state index is -0.816. The van der Waals surface area contributed by atoms with Crippen LogP contribution >= 0.6 is 23.2 Å². The van der Waals surface area contributed by atoms with Crippen molar-refractivity contribution in [3.8, 4) is 11.6 Å². The van der Waals surface area contributed by atoms with E-state index in [1.807, 2.05) is 0 Å². The lowest BCUT2D eigenvalue weighted by atomic mass is 10.3. The van der Waals surface area contributed by atoms with Crippen molar-refractivity contribution >= 4 is 23.2 Å². The topological polar surface area (TPSA) is 35.0 Å². The normalized spacial score (nSPS) is 10.2. The molecule has 0 radical (unpaired) electrons. The first kappa shape index (κ1) is 11.1. The summed E-state index contributed by atoms with van der Waals surface area (Å²) in [6, 6.07) is 6.66. The molecule has 0 aliphatic carbocycles. The van der Waals surface area contributed by atoms with Gasteiger partial charge >= 0.3 is 0 Å². The number of halogens is 3. The Bertz CT molecular complexity index is 522. The Morgan fingerprint density at radius 3 is 2.62 bits per heavy atom. The lowest BCUT2D eigenvalue weighted by Gasteiger charge is -2.06. The van der Waals surface area contributed by atoms with E-state index in [0.717, 1.165) is 6.33 Å². The molecule has 1 heterocycles.